The molecule has 3 aliphatic rings. The first kappa shape index (κ1) is 22.0. The molecular formula is C26H32N2O5. The molecule has 1 amide bonds. The second-order valence-electron chi connectivity index (χ2n) is 9.35. The Morgan fingerprint density at radius 3 is 2.39 bits per heavy atom. The van der Waals surface area contributed by atoms with Gasteiger partial charge in [-0.1, -0.05) is 6.07 Å². The zero-order chi connectivity index (χ0) is 23.6. The summed E-state index contributed by atoms with van der Waals surface area (Å²) in [6.07, 6.45) is 1.22. The summed E-state index contributed by atoms with van der Waals surface area (Å²) >= 11 is 0. The fourth-order valence-corrected chi connectivity index (χ4v) is 6.25. The van der Waals surface area contributed by atoms with Gasteiger partial charge < -0.3 is 24.2 Å². The Balaban J connectivity index is 1.71. The van der Waals surface area contributed by atoms with Crippen LogP contribution in [0.2, 0.25) is 0 Å². The van der Waals surface area contributed by atoms with E-state index in [-0.39, 0.29) is 30.6 Å². The van der Waals surface area contributed by atoms with Crippen LogP contribution in [0.1, 0.15) is 51.0 Å². The third-order valence-electron chi connectivity index (χ3n) is 7.85. The van der Waals surface area contributed by atoms with Crippen molar-refractivity contribution < 1.29 is 24.1 Å². The maximum absolute atomic E-state index is 13.8. The fraction of sp³-hybridized carbons (Fsp3) is 0.500. The van der Waals surface area contributed by atoms with Crippen LogP contribution in [-0.4, -0.2) is 55.9 Å². The number of rotatable bonds is 4. The second kappa shape index (κ2) is 7.92. The minimum atomic E-state index is -0.441. The van der Waals surface area contributed by atoms with Gasteiger partial charge in [0.15, 0.2) is 0 Å². The molecule has 2 N–H and O–H groups in total. The lowest BCUT2D eigenvalue weighted by Crippen LogP contribution is -2.66. The number of nitrogens with zero attached hydrogens (tertiary/aromatic N) is 1. The van der Waals surface area contributed by atoms with Gasteiger partial charge >= 0.3 is 0 Å². The first-order chi connectivity index (χ1) is 15.9. The van der Waals surface area contributed by atoms with Crippen LogP contribution in [0.5, 0.6) is 17.2 Å². The summed E-state index contributed by atoms with van der Waals surface area (Å²) in [7, 11) is 5.00. The molecule has 1 fully saturated rings. The number of fused-ring (bicyclic) bond motifs is 7. The van der Waals surface area contributed by atoms with Gasteiger partial charge in [-0.05, 0) is 55.5 Å². The van der Waals surface area contributed by atoms with Crippen molar-refractivity contribution in [3.05, 3.63) is 51.1 Å². The van der Waals surface area contributed by atoms with E-state index in [1.165, 1.54) is 0 Å². The minimum Gasteiger partial charge on any atom is -0.496 e. The number of ether oxygens (including phenoxy) is 3. The second-order valence-corrected chi connectivity index (χ2v) is 9.35. The number of methoxy groups -OCH3 is 3. The number of carbonyl (C=O) groups is 1. The van der Waals surface area contributed by atoms with Gasteiger partial charge in [0, 0.05) is 23.1 Å². The molecule has 176 valence electrons. The van der Waals surface area contributed by atoms with E-state index in [9.17, 15) is 9.90 Å². The molecular weight excluding hydrogens is 420 g/mol. The average Bonchev–Trinajstić information content (AvgIpc) is 2.81. The number of hydrogen-bond acceptors (Lipinski definition) is 6. The Kier molecular flexibility index (Phi) is 5.29. The van der Waals surface area contributed by atoms with Crippen LogP contribution in [-0.2, 0) is 17.6 Å². The van der Waals surface area contributed by atoms with Gasteiger partial charge in [0.1, 0.15) is 17.2 Å². The lowest BCUT2D eigenvalue weighted by atomic mass is 9.74. The van der Waals surface area contributed by atoms with E-state index in [2.05, 4.69) is 24.4 Å². The van der Waals surface area contributed by atoms with Crippen molar-refractivity contribution in [3.63, 3.8) is 0 Å². The molecule has 3 aliphatic heterocycles. The van der Waals surface area contributed by atoms with E-state index < -0.39 is 6.04 Å². The van der Waals surface area contributed by atoms with Gasteiger partial charge in [0.25, 0.3) is 0 Å². The molecule has 4 atom stereocenters. The lowest BCUT2D eigenvalue weighted by Gasteiger charge is -2.54. The molecule has 5 rings (SSSR count). The monoisotopic (exact) mass is 452 g/mol. The Hall–Kier alpha value is -2.77. The molecule has 2 aromatic rings. The molecule has 3 heterocycles. The number of nitrogens with one attached hydrogen (secondary N) is 1. The number of hydrogen-bond donors (Lipinski definition) is 2. The third kappa shape index (κ3) is 2.98. The molecule has 1 saturated heterocycles. The maximum atomic E-state index is 13.8. The van der Waals surface area contributed by atoms with Crippen LogP contribution in [0.25, 0.3) is 0 Å². The molecule has 2 aromatic carbocycles. The quantitative estimate of drug-likeness (QED) is 0.743. The van der Waals surface area contributed by atoms with Gasteiger partial charge in [-0.25, -0.2) is 0 Å². The normalized spacial score (nSPS) is 25.2. The van der Waals surface area contributed by atoms with Crippen molar-refractivity contribution in [1.82, 2.24) is 10.2 Å². The third-order valence-corrected chi connectivity index (χ3v) is 7.85. The van der Waals surface area contributed by atoms with E-state index in [4.69, 9.17) is 14.2 Å². The first-order valence-corrected chi connectivity index (χ1v) is 11.5. The van der Waals surface area contributed by atoms with Crippen LogP contribution in [0, 0.1) is 20.8 Å². The van der Waals surface area contributed by atoms with Gasteiger partial charge in [-0.2, -0.15) is 0 Å². The standard InChI is InChI=1S/C26H32N2O5/c1-12-7-15-8-19-23-16-10-21(31-4)14(3)24(32-5)17(16)9-18(27-23)26(30)28(19)20(11-29)22(15)25(33-6)13(12)2/h7,10,18-20,23,27,29H,8-9,11H2,1-6H3/t18-,19-,20-,23+/m0/s1. The fourth-order valence-electron chi connectivity index (χ4n) is 6.25. The molecule has 0 aliphatic carbocycles. The van der Waals surface area contributed by atoms with Crippen LogP contribution in [0.4, 0.5) is 0 Å². The minimum absolute atomic E-state index is 0.0161. The smallest absolute Gasteiger partial charge is 0.240 e. The Morgan fingerprint density at radius 2 is 1.76 bits per heavy atom. The highest BCUT2D eigenvalue weighted by Crippen LogP contribution is 2.50. The molecule has 0 unspecified atom stereocenters. The highest BCUT2D eigenvalue weighted by atomic mass is 16.5. The Bertz CT molecular complexity index is 1140. The summed E-state index contributed by atoms with van der Waals surface area (Å²) in [5, 5.41) is 14.1. The Labute approximate surface area is 194 Å². The van der Waals surface area contributed by atoms with Gasteiger partial charge in [0.2, 0.25) is 5.91 Å². The number of piperazine rings is 1. The topological polar surface area (TPSA) is 80.3 Å². The number of amides is 1. The summed E-state index contributed by atoms with van der Waals surface area (Å²) in [6, 6.07) is 3.23. The molecule has 0 saturated carbocycles. The SMILES string of the molecule is COc1cc2c(c(OC)c1C)C[C@@H]1N[C@H]2[C@@H]2Cc3cc(C)c(C)c(OC)c3[C@H](CO)N2C1=O. The number of benzene rings is 2. The summed E-state index contributed by atoms with van der Waals surface area (Å²) in [6.45, 7) is 5.94. The number of aliphatic hydroxyl groups is 1. The molecule has 2 bridgehead atoms. The van der Waals surface area contributed by atoms with Crippen LogP contribution < -0.4 is 19.5 Å². The van der Waals surface area contributed by atoms with Gasteiger partial charge in [-0.3, -0.25) is 10.1 Å². The largest absolute Gasteiger partial charge is 0.496 e. The molecule has 33 heavy (non-hydrogen) atoms. The summed E-state index contributed by atoms with van der Waals surface area (Å²) in [5.41, 5.74) is 7.37. The zero-order valence-electron chi connectivity index (χ0n) is 20.1. The highest BCUT2D eigenvalue weighted by Gasteiger charge is 2.52. The predicted octanol–water partition coefficient (Wildman–Crippen LogP) is 2.69. The number of carbonyl (C=O) groups excluding carboxylic acids is 1. The molecule has 0 spiro atoms. The van der Waals surface area contributed by atoms with Crippen molar-refractivity contribution in [1.29, 1.82) is 0 Å². The highest BCUT2D eigenvalue weighted by molar-refractivity contribution is 5.86. The average molecular weight is 453 g/mol. The van der Waals surface area contributed by atoms with Crippen LogP contribution >= 0.6 is 0 Å². The summed E-state index contributed by atoms with van der Waals surface area (Å²) in [4.78, 5) is 15.7. The maximum Gasteiger partial charge on any atom is 0.240 e. The van der Waals surface area contributed by atoms with Gasteiger partial charge in [-0.15, -0.1) is 0 Å². The summed E-state index contributed by atoms with van der Waals surface area (Å²) < 4.78 is 17.2. The predicted molar refractivity (Wildman–Crippen MR) is 124 cm³/mol. The van der Waals surface area contributed by atoms with Crippen LogP contribution in [0.15, 0.2) is 12.1 Å². The molecule has 0 aromatic heterocycles. The zero-order valence-corrected chi connectivity index (χ0v) is 20.1. The molecule has 7 nitrogen and oxygen atoms in total. The van der Waals surface area contributed by atoms with E-state index in [0.717, 1.165) is 56.2 Å². The first-order valence-electron chi connectivity index (χ1n) is 11.5. The Morgan fingerprint density at radius 1 is 1.03 bits per heavy atom. The van der Waals surface area contributed by atoms with Crippen LogP contribution in [0.3, 0.4) is 0 Å². The number of aryl methyl sites for hydroxylation is 1. The van der Waals surface area contributed by atoms with E-state index in [0.29, 0.717) is 12.8 Å². The van der Waals surface area contributed by atoms with Crippen molar-refractivity contribution in [2.45, 2.75) is 57.8 Å². The molecule has 0 radical (unpaired) electrons. The van der Waals surface area contributed by atoms with Gasteiger partial charge in [0.05, 0.1) is 52.1 Å². The van der Waals surface area contributed by atoms with E-state index >= 15 is 0 Å². The van der Waals surface area contributed by atoms with E-state index in [1.54, 1.807) is 21.3 Å². The van der Waals surface area contributed by atoms with Crippen molar-refractivity contribution in [3.8, 4) is 17.2 Å². The van der Waals surface area contributed by atoms with Crippen molar-refractivity contribution >= 4 is 5.91 Å². The van der Waals surface area contributed by atoms with Crippen molar-refractivity contribution in [2.75, 3.05) is 27.9 Å². The lowest BCUT2D eigenvalue weighted by molar-refractivity contribution is -0.147. The van der Waals surface area contributed by atoms with E-state index in [1.807, 2.05) is 18.7 Å². The number of aliphatic hydroxyl groups excluding tert-OH is 1. The summed E-state index contributed by atoms with van der Waals surface area (Å²) in [5.74, 6) is 2.36. The molecule has 7 heteroatoms. The van der Waals surface area contributed by atoms with Crippen molar-refractivity contribution in [2.24, 2.45) is 0 Å².